The molecule has 0 saturated carbocycles. The van der Waals surface area contributed by atoms with Gasteiger partial charge in [0.15, 0.2) is 0 Å². The number of hydrogen-bond acceptors (Lipinski definition) is 3. The highest BCUT2D eigenvalue weighted by Gasteiger charge is 2.30. The zero-order valence-corrected chi connectivity index (χ0v) is 10.8. The maximum absolute atomic E-state index is 8.87. The Hall–Kier alpha value is -2.12. The van der Waals surface area contributed by atoms with Crippen LogP contribution in [0.5, 0.6) is 0 Å². The van der Waals surface area contributed by atoms with Gasteiger partial charge in [-0.2, -0.15) is 5.26 Å². The fourth-order valence-corrected chi connectivity index (χ4v) is 2.63. The van der Waals surface area contributed by atoms with Crippen molar-refractivity contribution in [2.45, 2.75) is 32.1 Å². The third-order valence-electron chi connectivity index (χ3n) is 3.63. The van der Waals surface area contributed by atoms with Crippen molar-refractivity contribution in [1.29, 1.82) is 5.26 Å². The molecule has 1 aromatic carbocycles. The maximum Gasteiger partial charge on any atom is 0.0991 e. The van der Waals surface area contributed by atoms with Crippen molar-refractivity contribution in [3.63, 3.8) is 0 Å². The zero-order chi connectivity index (χ0) is 13.2. The van der Waals surface area contributed by atoms with Crippen LogP contribution in [-0.2, 0) is 11.3 Å². The second kappa shape index (κ2) is 4.87. The Labute approximate surface area is 112 Å². The van der Waals surface area contributed by atoms with Crippen molar-refractivity contribution < 1.29 is 4.74 Å². The van der Waals surface area contributed by atoms with Gasteiger partial charge in [0.1, 0.15) is 0 Å². The van der Waals surface area contributed by atoms with Gasteiger partial charge in [-0.3, -0.25) is 0 Å². The van der Waals surface area contributed by atoms with Crippen molar-refractivity contribution in [3.8, 4) is 6.07 Å². The summed E-state index contributed by atoms with van der Waals surface area (Å²) in [5.41, 5.74) is 2.93. The maximum atomic E-state index is 8.87. The SMILES string of the molecule is CCC1OCc2cncn2C1c1ccc(C#N)cc1. The quantitative estimate of drug-likeness (QED) is 0.826. The third-order valence-corrected chi connectivity index (χ3v) is 3.63. The number of benzene rings is 1. The highest BCUT2D eigenvalue weighted by molar-refractivity contribution is 5.34. The molecule has 0 bridgehead atoms. The zero-order valence-electron chi connectivity index (χ0n) is 10.8. The van der Waals surface area contributed by atoms with E-state index in [1.54, 1.807) is 0 Å². The molecule has 2 atom stereocenters. The van der Waals surface area contributed by atoms with Crippen LogP contribution < -0.4 is 0 Å². The minimum Gasteiger partial charge on any atom is -0.369 e. The van der Waals surface area contributed by atoms with Crippen molar-refractivity contribution in [1.82, 2.24) is 9.55 Å². The van der Waals surface area contributed by atoms with Crippen LogP contribution in [0, 0.1) is 11.3 Å². The summed E-state index contributed by atoms with van der Waals surface area (Å²) in [5.74, 6) is 0. The molecule has 2 heterocycles. The van der Waals surface area contributed by atoms with E-state index in [0.717, 1.165) is 17.7 Å². The van der Waals surface area contributed by atoms with Gasteiger partial charge in [-0.05, 0) is 24.1 Å². The lowest BCUT2D eigenvalue weighted by Crippen LogP contribution is -2.32. The number of aromatic nitrogens is 2. The highest BCUT2D eigenvalue weighted by Crippen LogP contribution is 2.32. The molecule has 1 aromatic heterocycles. The van der Waals surface area contributed by atoms with Crippen LogP contribution in [0.25, 0.3) is 0 Å². The molecule has 0 saturated heterocycles. The van der Waals surface area contributed by atoms with Crippen LogP contribution in [0.15, 0.2) is 36.8 Å². The molecular formula is C15H15N3O. The lowest BCUT2D eigenvalue weighted by atomic mass is 9.97. The molecule has 4 heteroatoms. The number of hydrogen-bond donors (Lipinski definition) is 0. The average molecular weight is 253 g/mol. The molecule has 0 fully saturated rings. The number of rotatable bonds is 2. The molecule has 96 valence electrons. The highest BCUT2D eigenvalue weighted by atomic mass is 16.5. The molecule has 4 nitrogen and oxygen atoms in total. The summed E-state index contributed by atoms with van der Waals surface area (Å²) in [6, 6.07) is 10.0. The van der Waals surface area contributed by atoms with E-state index in [4.69, 9.17) is 10.00 Å². The van der Waals surface area contributed by atoms with Gasteiger partial charge < -0.3 is 9.30 Å². The Morgan fingerprint density at radius 1 is 1.42 bits per heavy atom. The summed E-state index contributed by atoms with van der Waals surface area (Å²) in [5, 5.41) is 8.87. The topological polar surface area (TPSA) is 50.8 Å². The van der Waals surface area contributed by atoms with Gasteiger partial charge in [0, 0.05) is 0 Å². The van der Waals surface area contributed by atoms with E-state index in [1.165, 1.54) is 0 Å². The number of ether oxygens (including phenoxy) is 1. The third kappa shape index (κ3) is 2.02. The predicted molar refractivity (Wildman–Crippen MR) is 70.4 cm³/mol. The normalized spacial score (nSPS) is 21.7. The Morgan fingerprint density at radius 3 is 2.89 bits per heavy atom. The van der Waals surface area contributed by atoms with E-state index < -0.39 is 0 Å². The predicted octanol–water partition coefficient (Wildman–Crippen LogP) is 2.65. The van der Waals surface area contributed by atoms with Gasteiger partial charge in [-0.1, -0.05) is 19.1 Å². The molecular weight excluding hydrogens is 238 g/mol. The summed E-state index contributed by atoms with van der Waals surface area (Å²) in [6.45, 7) is 2.74. The molecule has 0 N–H and O–H groups in total. The number of imidazole rings is 1. The molecule has 3 rings (SSSR count). The smallest absolute Gasteiger partial charge is 0.0991 e. The summed E-state index contributed by atoms with van der Waals surface area (Å²) >= 11 is 0. The van der Waals surface area contributed by atoms with Gasteiger partial charge in [-0.15, -0.1) is 0 Å². The van der Waals surface area contributed by atoms with Crippen molar-refractivity contribution >= 4 is 0 Å². The molecule has 2 aromatic rings. The van der Waals surface area contributed by atoms with Crippen LogP contribution in [0.4, 0.5) is 0 Å². The molecule has 0 aliphatic carbocycles. The van der Waals surface area contributed by atoms with E-state index in [9.17, 15) is 0 Å². The summed E-state index contributed by atoms with van der Waals surface area (Å²) < 4.78 is 8.09. The largest absolute Gasteiger partial charge is 0.369 e. The van der Waals surface area contributed by atoms with Gasteiger partial charge >= 0.3 is 0 Å². The monoisotopic (exact) mass is 253 g/mol. The lowest BCUT2D eigenvalue weighted by molar-refractivity contribution is -0.0131. The van der Waals surface area contributed by atoms with Crippen molar-refractivity contribution in [2.24, 2.45) is 0 Å². The number of nitriles is 1. The molecule has 2 unspecified atom stereocenters. The number of nitrogens with zero attached hydrogens (tertiary/aromatic N) is 3. The van der Waals surface area contributed by atoms with E-state index in [0.29, 0.717) is 12.2 Å². The lowest BCUT2D eigenvalue weighted by Gasteiger charge is -2.33. The first-order chi connectivity index (χ1) is 9.33. The second-order valence-corrected chi connectivity index (χ2v) is 4.73. The standard InChI is InChI=1S/C15H15N3O/c1-2-14-15(12-5-3-11(7-16)4-6-12)18-10-17-8-13(18)9-19-14/h3-6,8,10,14-15H,2,9H2,1H3. The summed E-state index contributed by atoms with van der Waals surface area (Å²) in [4.78, 5) is 4.21. The van der Waals surface area contributed by atoms with Crippen molar-refractivity contribution in [2.75, 3.05) is 0 Å². The molecule has 0 radical (unpaired) electrons. The minimum absolute atomic E-state index is 0.143. The van der Waals surface area contributed by atoms with Gasteiger partial charge in [0.25, 0.3) is 0 Å². The summed E-state index contributed by atoms with van der Waals surface area (Å²) in [6.07, 6.45) is 4.81. The van der Waals surface area contributed by atoms with Crippen LogP contribution in [0.2, 0.25) is 0 Å². The molecule has 1 aliphatic heterocycles. The van der Waals surface area contributed by atoms with E-state index in [1.807, 2.05) is 36.8 Å². The fraction of sp³-hybridized carbons (Fsp3) is 0.333. The van der Waals surface area contributed by atoms with Crippen molar-refractivity contribution in [3.05, 3.63) is 53.6 Å². The average Bonchev–Trinajstić information content (AvgIpc) is 2.94. The van der Waals surface area contributed by atoms with Gasteiger partial charge in [-0.25, -0.2) is 4.98 Å². The van der Waals surface area contributed by atoms with Crippen LogP contribution >= 0.6 is 0 Å². The molecule has 0 spiro atoms. The fourth-order valence-electron chi connectivity index (χ4n) is 2.63. The Morgan fingerprint density at radius 2 is 2.21 bits per heavy atom. The van der Waals surface area contributed by atoms with Gasteiger partial charge in [0.2, 0.25) is 0 Å². The van der Waals surface area contributed by atoms with Gasteiger partial charge in [0.05, 0.1) is 48.6 Å². The first-order valence-corrected chi connectivity index (χ1v) is 6.46. The Balaban J connectivity index is 2.03. The Kier molecular flexibility index (Phi) is 3.06. The second-order valence-electron chi connectivity index (χ2n) is 4.73. The van der Waals surface area contributed by atoms with Crippen LogP contribution in [-0.4, -0.2) is 15.7 Å². The Bertz CT molecular complexity index is 609. The first kappa shape index (κ1) is 11.9. The van der Waals surface area contributed by atoms with Crippen LogP contribution in [0.1, 0.15) is 36.2 Å². The molecule has 1 aliphatic rings. The number of fused-ring (bicyclic) bond motifs is 1. The summed E-state index contributed by atoms with van der Waals surface area (Å²) in [7, 11) is 0. The first-order valence-electron chi connectivity index (χ1n) is 6.46. The van der Waals surface area contributed by atoms with E-state index in [-0.39, 0.29) is 12.1 Å². The molecule has 19 heavy (non-hydrogen) atoms. The minimum atomic E-state index is 0.143. The van der Waals surface area contributed by atoms with E-state index >= 15 is 0 Å². The van der Waals surface area contributed by atoms with E-state index in [2.05, 4.69) is 22.5 Å². The molecule has 0 amide bonds. The van der Waals surface area contributed by atoms with Crippen LogP contribution in [0.3, 0.4) is 0 Å².